The highest BCUT2D eigenvalue weighted by Gasteiger charge is 2.19. The number of hydrogen-bond acceptors (Lipinski definition) is 2. The molecule has 1 fully saturated rings. The average molecular weight is 205 g/mol. The summed E-state index contributed by atoms with van der Waals surface area (Å²) in [6.45, 7) is 0.658. The molecule has 1 saturated carbocycles. The number of rotatable bonds is 3. The van der Waals surface area contributed by atoms with E-state index in [2.05, 4.69) is 12.1 Å². The van der Waals surface area contributed by atoms with Crippen molar-refractivity contribution in [2.75, 3.05) is 0 Å². The van der Waals surface area contributed by atoms with Gasteiger partial charge >= 0.3 is 0 Å². The molecule has 0 unspecified atom stereocenters. The summed E-state index contributed by atoms with van der Waals surface area (Å²) in [7, 11) is 0. The van der Waals surface area contributed by atoms with Gasteiger partial charge in [-0.1, -0.05) is 49.6 Å². The summed E-state index contributed by atoms with van der Waals surface area (Å²) in [4.78, 5) is 0. The molecule has 1 N–H and O–H groups in total. The maximum atomic E-state index is 9.96. The predicted octanol–water partition coefficient (Wildman–Crippen LogP) is 3.21. The Morgan fingerprint density at radius 2 is 1.73 bits per heavy atom. The molecule has 0 aliphatic heterocycles. The zero-order valence-electron chi connectivity index (χ0n) is 9.10. The Kier molecular flexibility index (Phi) is 3.75. The lowest BCUT2D eigenvalue weighted by atomic mass is 9.95. The third-order valence-corrected chi connectivity index (χ3v) is 3.18. The molecule has 0 amide bonds. The highest BCUT2D eigenvalue weighted by atomic mass is 16.5. The van der Waals surface area contributed by atoms with E-state index in [-0.39, 0.29) is 0 Å². The first-order valence-electron chi connectivity index (χ1n) is 5.86. The SMILES string of the molecule is ON(Cc1ccccc1)C1CCCCC1. The molecule has 15 heavy (non-hydrogen) atoms. The molecular formula is C13H19NO. The van der Waals surface area contributed by atoms with Crippen molar-refractivity contribution in [1.82, 2.24) is 5.06 Å². The van der Waals surface area contributed by atoms with Gasteiger partial charge in [0, 0.05) is 12.6 Å². The normalized spacial score (nSPS) is 18.3. The Bertz CT molecular complexity index is 280. The van der Waals surface area contributed by atoms with Gasteiger partial charge < -0.3 is 5.21 Å². The standard InChI is InChI=1S/C13H19NO/c15-14(13-9-5-2-6-10-13)11-12-7-3-1-4-8-12/h1,3-4,7-8,13,15H,2,5-6,9-11H2. The van der Waals surface area contributed by atoms with E-state index in [1.807, 2.05) is 18.2 Å². The van der Waals surface area contributed by atoms with Crippen LogP contribution in [0.3, 0.4) is 0 Å². The molecule has 0 bridgehead atoms. The number of hydrogen-bond donors (Lipinski definition) is 1. The van der Waals surface area contributed by atoms with Crippen LogP contribution in [0.5, 0.6) is 0 Å². The lowest BCUT2D eigenvalue weighted by Gasteiger charge is -2.29. The molecule has 2 rings (SSSR count). The van der Waals surface area contributed by atoms with E-state index in [4.69, 9.17) is 0 Å². The van der Waals surface area contributed by atoms with Crippen LogP contribution in [0.25, 0.3) is 0 Å². The zero-order valence-corrected chi connectivity index (χ0v) is 9.10. The maximum absolute atomic E-state index is 9.96. The Balaban J connectivity index is 1.88. The second kappa shape index (κ2) is 5.29. The van der Waals surface area contributed by atoms with E-state index in [1.54, 1.807) is 0 Å². The van der Waals surface area contributed by atoms with Gasteiger partial charge in [0.1, 0.15) is 0 Å². The summed E-state index contributed by atoms with van der Waals surface area (Å²) in [5.74, 6) is 0. The third-order valence-electron chi connectivity index (χ3n) is 3.18. The topological polar surface area (TPSA) is 23.5 Å². The van der Waals surface area contributed by atoms with Crippen molar-refractivity contribution in [2.45, 2.75) is 44.7 Å². The van der Waals surface area contributed by atoms with Crippen LogP contribution in [-0.2, 0) is 6.54 Å². The maximum Gasteiger partial charge on any atom is 0.0491 e. The van der Waals surface area contributed by atoms with Gasteiger partial charge in [-0.15, -0.1) is 0 Å². The molecule has 1 aromatic rings. The summed E-state index contributed by atoms with van der Waals surface area (Å²) in [6, 6.07) is 10.5. The van der Waals surface area contributed by atoms with Crippen molar-refractivity contribution < 1.29 is 5.21 Å². The number of hydroxylamine groups is 2. The van der Waals surface area contributed by atoms with Crippen molar-refractivity contribution in [3.05, 3.63) is 35.9 Å². The van der Waals surface area contributed by atoms with Crippen LogP contribution in [0.4, 0.5) is 0 Å². The van der Waals surface area contributed by atoms with Gasteiger partial charge in [0.2, 0.25) is 0 Å². The second-order valence-electron chi connectivity index (χ2n) is 4.38. The molecule has 1 aliphatic rings. The van der Waals surface area contributed by atoms with E-state index in [0.717, 1.165) is 12.8 Å². The number of benzene rings is 1. The van der Waals surface area contributed by atoms with Gasteiger partial charge in [0.05, 0.1) is 0 Å². The molecule has 0 atom stereocenters. The van der Waals surface area contributed by atoms with Crippen molar-refractivity contribution in [2.24, 2.45) is 0 Å². The highest BCUT2D eigenvalue weighted by Crippen LogP contribution is 2.22. The van der Waals surface area contributed by atoms with Crippen molar-refractivity contribution in [3.8, 4) is 0 Å². The molecule has 2 heteroatoms. The quantitative estimate of drug-likeness (QED) is 0.766. The van der Waals surface area contributed by atoms with Gasteiger partial charge in [-0.3, -0.25) is 0 Å². The first-order chi connectivity index (χ1) is 7.36. The van der Waals surface area contributed by atoms with E-state index < -0.39 is 0 Å². The van der Waals surface area contributed by atoms with Gasteiger partial charge in [-0.05, 0) is 18.4 Å². The average Bonchev–Trinajstić information content (AvgIpc) is 2.31. The lowest BCUT2D eigenvalue weighted by Crippen LogP contribution is -2.33. The van der Waals surface area contributed by atoms with Crippen LogP contribution in [0.15, 0.2) is 30.3 Å². The van der Waals surface area contributed by atoms with E-state index in [0.29, 0.717) is 12.6 Å². The molecule has 82 valence electrons. The first kappa shape index (κ1) is 10.7. The Labute approximate surface area is 91.5 Å². The smallest absolute Gasteiger partial charge is 0.0491 e. The lowest BCUT2D eigenvalue weighted by molar-refractivity contribution is -0.143. The van der Waals surface area contributed by atoms with E-state index >= 15 is 0 Å². The van der Waals surface area contributed by atoms with E-state index in [1.165, 1.54) is 29.9 Å². The van der Waals surface area contributed by atoms with Crippen LogP contribution in [0, 0.1) is 0 Å². The second-order valence-corrected chi connectivity index (χ2v) is 4.38. The fraction of sp³-hybridized carbons (Fsp3) is 0.538. The fourth-order valence-corrected chi connectivity index (χ4v) is 2.28. The largest absolute Gasteiger partial charge is 0.313 e. The third kappa shape index (κ3) is 3.05. The Hall–Kier alpha value is -0.860. The van der Waals surface area contributed by atoms with Crippen LogP contribution >= 0.6 is 0 Å². The van der Waals surface area contributed by atoms with Crippen molar-refractivity contribution in [1.29, 1.82) is 0 Å². The Morgan fingerprint density at radius 3 is 2.40 bits per heavy atom. The van der Waals surface area contributed by atoms with Crippen LogP contribution in [-0.4, -0.2) is 16.3 Å². The molecule has 0 saturated heterocycles. The fourth-order valence-electron chi connectivity index (χ4n) is 2.28. The van der Waals surface area contributed by atoms with Gasteiger partial charge in [-0.2, -0.15) is 5.06 Å². The molecule has 1 aromatic carbocycles. The zero-order chi connectivity index (χ0) is 10.5. The van der Waals surface area contributed by atoms with Gasteiger partial charge in [-0.25, -0.2) is 0 Å². The Morgan fingerprint density at radius 1 is 1.07 bits per heavy atom. The van der Waals surface area contributed by atoms with Crippen LogP contribution < -0.4 is 0 Å². The summed E-state index contributed by atoms with van der Waals surface area (Å²) in [5, 5.41) is 11.5. The molecule has 0 spiro atoms. The number of nitrogens with zero attached hydrogens (tertiary/aromatic N) is 1. The molecule has 0 aromatic heterocycles. The molecular weight excluding hydrogens is 186 g/mol. The molecule has 0 heterocycles. The molecule has 1 aliphatic carbocycles. The monoisotopic (exact) mass is 205 g/mol. The van der Waals surface area contributed by atoms with Crippen LogP contribution in [0.2, 0.25) is 0 Å². The minimum atomic E-state index is 0.374. The molecule has 2 nitrogen and oxygen atoms in total. The van der Waals surface area contributed by atoms with Gasteiger partial charge in [0.25, 0.3) is 0 Å². The van der Waals surface area contributed by atoms with Crippen LogP contribution in [0.1, 0.15) is 37.7 Å². The molecule has 0 radical (unpaired) electrons. The highest BCUT2D eigenvalue weighted by molar-refractivity contribution is 5.14. The summed E-state index contributed by atoms with van der Waals surface area (Å²) in [6.07, 6.45) is 6.13. The van der Waals surface area contributed by atoms with Crippen molar-refractivity contribution >= 4 is 0 Å². The minimum absolute atomic E-state index is 0.374. The summed E-state index contributed by atoms with van der Waals surface area (Å²) >= 11 is 0. The van der Waals surface area contributed by atoms with E-state index in [9.17, 15) is 5.21 Å². The van der Waals surface area contributed by atoms with Gasteiger partial charge in [0.15, 0.2) is 0 Å². The summed E-state index contributed by atoms with van der Waals surface area (Å²) < 4.78 is 0. The summed E-state index contributed by atoms with van der Waals surface area (Å²) in [5.41, 5.74) is 1.19. The van der Waals surface area contributed by atoms with Crippen molar-refractivity contribution in [3.63, 3.8) is 0 Å². The first-order valence-corrected chi connectivity index (χ1v) is 5.86. The predicted molar refractivity (Wildman–Crippen MR) is 60.6 cm³/mol. The minimum Gasteiger partial charge on any atom is -0.313 e.